The number of aryl methyl sites for hydroxylation is 2. The van der Waals surface area contributed by atoms with Gasteiger partial charge in [0.1, 0.15) is 5.82 Å². The van der Waals surface area contributed by atoms with Crippen LogP contribution in [0.3, 0.4) is 0 Å². The third-order valence-corrected chi connectivity index (χ3v) is 4.08. The first kappa shape index (κ1) is 20.0. The van der Waals surface area contributed by atoms with Gasteiger partial charge >= 0.3 is 0 Å². The van der Waals surface area contributed by atoms with E-state index in [1.165, 1.54) is 11.1 Å². The maximum absolute atomic E-state index is 5.94. The van der Waals surface area contributed by atoms with Crippen LogP contribution in [0.15, 0.2) is 59.6 Å². The molecule has 0 unspecified atom stereocenters. The molecule has 0 saturated heterocycles. The van der Waals surface area contributed by atoms with Gasteiger partial charge in [-0.05, 0) is 55.3 Å². The van der Waals surface area contributed by atoms with E-state index in [1.807, 2.05) is 30.3 Å². The third-order valence-electron chi connectivity index (χ3n) is 4.08. The molecule has 0 amide bonds. The summed E-state index contributed by atoms with van der Waals surface area (Å²) in [4.78, 5) is 8.91. The van der Waals surface area contributed by atoms with Gasteiger partial charge in [0.05, 0.1) is 12.1 Å². The quantitative estimate of drug-likeness (QED) is 0.229. The number of nitrogens with two attached hydrogens (primary N) is 1. The molecule has 0 spiro atoms. The summed E-state index contributed by atoms with van der Waals surface area (Å²) in [6.45, 7) is 5.40. The van der Waals surface area contributed by atoms with Gasteiger partial charge in [-0.15, -0.1) is 24.0 Å². The van der Waals surface area contributed by atoms with Crippen LogP contribution in [-0.4, -0.2) is 24.0 Å². The first-order valence-corrected chi connectivity index (χ1v) is 8.36. The lowest BCUT2D eigenvalue weighted by Crippen LogP contribution is -2.23. The lowest BCUT2D eigenvalue weighted by atomic mass is 10.1. The number of aromatic nitrogens is 1. The Labute approximate surface area is 171 Å². The minimum absolute atomic E-state index is 0. The summed E-state index contributed by atoms with van der Waals surface area (Å²) in [7, 11) is 0. The number of pyridine rings is 1. The molecule has 0 atom stereocenters. The lowest BCUT2D eigenvalue weighted by molar-refractivity contribution is 1.01. The standard InChI is InChI=1S/C20H23N5.HI/c1-14-7-9-17(13-15(14)2)24-20(21)23-12-11-22-19-10-8-16-5-3-4-6-18(16)25-19;/h3-10,13H,11-12H2,1-2H3,(H,22,25)(H3,21,23,24);1H. The zero-order valence-electron chi connectivity index (χ0n) is 15.0. The van der Waals surface area contributed by atoms with Crippen molar-refractivity contribution in [3.8, 4) is 0 Å². The summed E-state index contributed by atoms with van der Waals surface area (Å²) < 4.78 is 0. The lowest BCUT2D eigenvalue weighted by Gasteiger charge is -2.09. The average Bonchev–Trinajstić information content (AvgIpc) is 2.62. The molecule has 0 bridgehead atoms. The van der Waals surface area contributed by atoms with Gasteiger partial charge in [-0.2, -0.15) is 0 Å². The van der Waals surface area contributed by atoms with E-state index >= 15 is 0 Å². The number of para-hydroxylation sites is 1. The highest BCUT2D eigenvalue weighted by molar-refractivity contribution is 14.0. The second-order valence-corrected chi connectivity index (χ2v) is 6.01. The molecule has 5 nitrogen and oxygen atoms in total. The summed E-state index contributed by atoms with van der Waals surface area (Å²) in [5.41, 5.74) is 10.4. The first-order chi connectivity index (χ1) is 12.1. The van der Waals surface area contributed by atoms with Crippen LogP contribution in [0.25, 0.3) is 10.9 Å². The fourth-order valence-electron chi connectivity index (χ4n) is 2.53. The molecular weight excluding hydrogens is 437 g/mol. The fraction of sp³-hybridized carbons (Fsp3) is 0.200. The van der Waals surface area contributed by atoms with Gasteiger partial charge in [0, 0.05) is 17.6 Å². The summed E-state index contributed by atoms with van der Waals surface area (Å²) >= 11 is 0. The number of guanidine groups is 1. The SMILES string of the molecule is Cc1ccc(NC(N)=NCCNc2ccc3ccccc3n2)cc1C.I. The van der Waals surface area contributed by atoms with Crippen molar-refractivity contribution in [3.05, 3.63) is 65.7 Å². The average molecular weight is 461 g/mol. The van der Waals surface area contributed by atoms with Gasteiger partial charge in [-0.25, -0.2) is 4.98 Å². The highest BCUT2D eigenvalue weighted by atomic mass is 127. The van der Waals surface area contributed by atoms with Crippen LogP contribution in [0.2, 0.25) is 0 Å². The van der Waals surface area contributed by atoms with Crippen LogP contribution in [-0.2, 0) is 0 Å². The minimum Gasteiger partial charge on any atom is -0.370 e. The number of hydrogen-bond donors (Lipinski definition) is 3. The number of aliphatic imine (C=N–C) groups is 1. The van der Waals surface area contributed by atoms with Crippen molar-refractivity contribution in [2.45, 2.75) is 13.8 Å². The van der Waals surface area contributed by atoms with Gasteiger partial charge in [0.2, 0.25) is 0 Å². The number of fused-ring (bicyclic) bond motifs is 1. The summed E-state index contributed by atoms with van der Waals surface area (Å²) in [5.74, 6) is 1.26. The predicted octanol–water partition coefficient (Wildman–Crippen LogP) is 4.31. The summed E-state index contributed by atoms with van der Waals surface area (Å²) in [6.07, 6.45) is 0. The van der Waals surface area contributed by atoms with E-state index in [9.17, 15) is 0 Å². The molecule has 3 aromatic rings. The Balaban J connectivity index is 0.00000243. The Morgan fingerprint density at radius 2 is 1.85 bits per heavy atom. The Morgan fingerprint density at radius 3 is 2.65 bits per heavy atom. The molecule has 0 radical (unpaired) electrons. The molecule has 1 aromatic heterocycles. The Hall–Kier alpha value is -2.35. The van der Waals surface area contributed by atoms with Gasteiger partial charge in [-0.3, -0.25) is 4.99 Å². The molecular formula is C20H24IN5. The molecule has 26 heavy (non-hydrogen) atoms. The number of benzene rings is 2. The molecule has 4 N–H and O–H groups in total. The minimum atomic E-state index is 0. The van der Waals surface area contributed by atoms with Crippen LogP contribution in [0.5, 0.6) is 0 Å². The number of hydrogen-bond acceptors (Lipinski definition) is 3. The van der Waals surface area contributed by atoms with Gasteiger partial charge in [0.15, 0.2) is 5.96 Å². The van der Waals surface area contributed by atoms with Crippen LogP contribution >= 0.6 is 24.0 Å². The van der Waals surface area contributed by atoms with E-state index in [4.69, 9.17) is 5.73 Å². The summed E-state index contributed by atoms with van der Waals surface area (Å²) in [5, 5.41) is 7.52. The molecule has 1 heterocycles. The maximum atomic E-state index is 5.94. The Morgan fingerprint density at radius 1 is 1.04 bits per heavy atom. The summed E-state index contributed by atoms with van der Waals surface area (Å²) in [6, 6.07) is 18.2. The number of nitrogens with one attached hydrogen (secondary N) is 2. The van der Waals surface area contributed by atoms with E-state index in [2.05, 4.69) is 58.7 Å². The number of anilines is 2. The molecule has 0 aliphatic rings. The highest BCUT2D eigenvalue weighted by Gasteiger charge is 1.99. The normalized spacial score (nSPS) is 11.1. The molecule has 0 aliphatic carbocycles. The number of rotatable bonds is 5. The fourth-order valence-corrected chi connectivity index (χ4v) is 2.53. The number of halogens is 1. The van der Waals surface area contributed by atoms with Crippen molar-refractivity contribution in [2.24, 2.45) is 10.7 Å². The zero-order chi connectivity index (χ0) is 17.6. The highest BCUT2D eigenvalue weighted by Crippen LogP contribution is 2.15. The monoisotopic (exact) mass is 461 g/mol. The van der Waals surface area contributed by atoms with Crippen LogP contribution in [0.1, 0.15) is 11.1 Å². The predicted molar refractivity (Wildman–Crippen MR) is 122 cm³/mol. The molecule has 2 aromatic carbocycles. The molecule has 136 valence electrons. The van der Waals surface area contributed by atoms with Crippen molar-refractivity contribution in [1.29, 1.82) is 0 Å². The van der Waals surface area contributed by atoms with Crippen molar-refractivity contribution >= 4 is 52.3 Å². The maximum Gasteiger partial charge on any atom is 0.193 e. The smallest absolute Gasteiger partial charge is 0.193 e. The topological polar surface area (TPSA) is 75.3 Å². The second-order valence-electron chi connectivity index (χ2n) is 6.01. The largest absolute Gasteiger partial charge is 0.370 e. The van der Waals surface area contributed by atoms with Gasteiger partial charge in [-0.1, -0.05) is 24.3 Å². The molecule has 0 saturated carbocycles. The van der Waals surface area contributed by atoms with Crippen LogP contribution < -0.4 is 16.4 Å². The Bertz CT molecular complexity index is 908. The van der Waals surface area contributed by atoms with Crippen molar-refractivity contribution in [3.63, 3.8) is 0 Å². The zero-order valence-corrected chi connectivity index (χ0v) is 17.3. The van der Waals surface area contributed by atoms with E-state index in [0.29, 0.717) is 19.0 Å². The van der Waals surface area contributed by atoms with E-state index in [1.54, 1.807) is 0 Å². The second kappa shape index (κ2) is 9.38. The van der Waals surface area contributed by atoms with Gasteiger partial charge < -0.3 is 16.4 Å². The van der Waals surface area contributed by atoms with E-state index in [0.717, 1.165) is 22.4 Å². The Kier molecular flexibility index (Phi) is 7.20. The molecule has 6 heteroatoms. The number of nitrogens with zero attached hydrogens (tertiary/aromatic N) is 2. The van der Waals surface area contributed by atoms with Crippen LogP contribution in [0.4, 0.5) is 11.5 Å². The van der Waals surface area contributed by atoms with Crippen LogP contribution in [0, 0.1) is 13.8 Å². The van der Waals surface area contributed by atoms with E-state index in [-0.39, 0.29) is 24.0 Å². The van der Waals surface area contributed by atoms with Crippen molar-refractivity contribution in [2.75, 3.05) is 23.7 Å². The van der Waals surface area contributed by atoms with E-state index < -0.39 is 0 Å². The molecule has 0 fully saturated rings. The molecule has 0 aliphatic heterocycles. The third kappa shape index (κ3) is 5.32. The molecule has 3 rings (SSSR count). The first-order valence-electron chi connectivity index (χ1n) is 8.36. The van der Waals surface area contributed by atoms with Gasteiger partial charge in [0.25, 0.3) is 0 Å². The van der Waals surface area contributed by atoms with Crippen molar-refractivity contribution < 1.29 is 0 Å². The van der Waals surface area contributed by atoms with Crippen molar-refractivity contribution in [1.82, 2.24) is 4.98 Å².